The first-order valence-corrected chi connectivity index (χ1v) is 5.53. The molecule has 0 N–H and O–H groups in total. The van der Waals surface area contributed by atoms with Crippen molar-refractivity contribution in [1.82, 2.24) is 0 Å². The fourth-order valence-electron chi connectivity index (χ4n) is 2.99. The van der Waals surface area contributed by atoms with Crippen LogP contribution in [0.4, 0.5) is 0 Å². The van der Waals surface area contributed by atoms with E-state index >= 15 is 0 Å². The maximum absolute atomic E-state index is 2.49. The van der Waals surface area contributed by atoms with Crippen molar-refractivity contribution in [3.63, 3.8) is 0 Å². The van der Waals surface area contributed by atoms with Gasteiger partial charge < -0.3 is 0 Å². The van der Waals surface area contributed by atoms with Gasteiger partial charge in [0, 0.05) is 0 Å². The predicted octanol–water partition coefficient (Wildman–Crippen LogP) is 4.10. The van der Waals surface area contributed by atoms with Crippen molar-refractivity contribution in [2.24, 2.45) is 23.2 Å². The smallest absolute Gasteiger partial charge is 0.0249 e. The van der Waals surface area contributed by atoms with Gasteiger partial charge in [-0.2, -0.15) is 0 Å². The summed E-state index contributed by atoms with van der Waals surface area (Å²) in [5.74, 6) is 2.82. The van der Waals surface area contributed by atoms with Crippen LogP contribution in [0.3, 0.4) is 0 Å². The zero-order valence-corrected chi connectivity index (χ0v) is 9.35. The Morgan fingerprint density at radius 1 is 1.42 bits per heavy atom. The molecule has 0 bridgehead atoms. The third kappa shape index (κ3) is 1.30. The van der Waals surface area contributed by atoms with E-state index in [1.54, 1.807) is 0 Å². The molecule has 1 aliphatic rings. The molecule has 1 fully saturated rings. The average Bonchev–Trinajstić information content (AvgIpc) is 2.02. The molecule has 3 unspecified atom stereocenters. The van der Waals surface area contributed by atoms with Gasteiger partial charge in [0.1, 0.15) is 0 Å². The maximum atomic E-state index is 2.49. The van der Waals surface area contributed by atoms with Crippen LogP contribution in [0.25, 0.3) is 0 Å². The molecule has 3 atom stereocenters. The van der Waals surface area contributed by atoms with E-state index in [1.807, 2.05) is 0 Å². The van der Waals surface area contributed by atoms with Crippen molar-refractivity contribution in [3.05, 3.63) is 0 Å². The van der Waals surface area contributed by atoms with Gasteiger partial charge in [-0.3, -0.25) is 0 Å². The lowest BCUT2D eigenvalue weighted by molar-refractivity contribution is -0.0716. The number of rotatable bonds is 3. The first-order valence-electron chi connectivity index (χ1n) is 5.53. The van der Waals surface area contributed by atoms with E-state index < -0.39 is 0 Å². The van der Waals surface area contributed by atoms with Crippen LogP contribution in [0.1, 0.15) is 53.9 Å². The molecule has 0 heteroatoms. The van der Waals surface area contributed by atoms with Gasteiger partial charge in [-0.25, -0.2) is 0 Å². The van der Waals surface area contributed by atoms with Crippen LogP contribution >= 0.6 is 0 Å². The van der Waals surface area contributed by atoms with Gasteiger partial charge in [0.15, 0.2) is 0 Å². The summed E-state index contributed by atoms with van der Waals surface area (Å²) in [6.07, 6.45) is 4.28. The Morgan fingerprint density at radius 3 is 2.33 bits per heavy atom. The third-order valence-electron chi connectivity index (χ3n) is 4.46. The van der Waals surface area contributed by atoms with Gasteiger partial charge in [0.25, 0.3) is 0 Å². The van der Waals surface area contributed by atoms with Gasteiger partial charge in [0.05, 0.1) is 0 Å². The molecule has 0 spiro atoms. The highest BCUT2D eigenvalue weighted by molar-refractivity contribution is 4.98. The highest BCUT2D eigenvalue weighted by Crippen LogP contribution is 2.57. The Morgan fingerprint density at radius 2 is 2.00 bits per heavy atom. The summed E-state index contributed by atoms with van der Waals surface area (Å²) < 4.78 is 0. The molecule has 0 saturated heterocycles. The minimum Gasteiger partial charge on any atom is -0.0654 e. The monoisotopic (exact) mass is 168 g/mol. The lowest BCUT2D eigenvalue weighted by Crippen LogP contribution is -2.49. The van der Waals surface area contributed by atoms with E-state index in [2.05, 4.69) is 34.6 Å². The van der Waals surface area contributed by atoms with Crippen LogP contribution in [-0.4, -0.2) is 0 Å². The van der Waals surface area contributed by atoms with E-state index in [0.29, 0.717) is 5.41 Å². The minimum absolute atomic E-state index is 0.649. The summed E-state index contributed by atoms with van der Waals surface area (Å²) in [7, 11) is 0. The molecule has 0 aromatic rings. The summed E-state index contributed by atoms with van der Waals surface area (Å²) >= 11 is 0. The van der Waals surface area contributed by atoms with Gasteiger partial charge >= 0.3 is 0 Å². The molecule has 12 heavy (non-hydrogen) atoms. The molecule has 72 valence electrons. The molecular formula is C12H24. The quantitative estimate of drug-likeness (QED) is 0.595. The van der Waals surface area contributed by atoms with Crippen LogP contribution in [0.15, 0.2) is 0 Å². The fraction of sp³-hybridized carbons (Fsp3) is 1.00. The summed E-state index contributed by atoms with van der Waals surface area (Å²) in [4.78, 5) is 0. The first kappa shape index (κ1) is 10.1. The Kier molecular flexibility index (Phi) is 2.85. The lowest BCUT2D eigenvalue weighted by Gasteiger charge is -2.56. The standard InChI is InChI=1S/C12H24/c1-6-7-11-8-10(4)12(11,5)9(2)3/h9-11H,6-8H2,1-5H3. The SMILES string of the molecule is CCCC1CC(C)C1(C)C(C)C. The molecule has 0 nitrogen and oxygen atoms in total. The zero-order valence-electron chi connectivity index (χ0n) is 9.35. The Hall–Kier alpha value is 0. The summed E-state index contributed by atoms with van der Waals surface area (Å²) in [5.41, 5.74) is 0.649. The predicted molar refractivity (Wildman–Crippen MR) is 55.1 cm³/mol. The first-order chi connectivity index (χ1) is 5.53. The van der Waals surface area contributed by atoms with E-state index in [9.17, 15) is 0 Å². The number of hydrogen-bond acceptors (Lipinski definition) is 0. The highest BCUT2D eigenvalue weighted by atomic mass is 14.5. The number of hydrogen-bond donors (Lipinski definition) is 0. The van der Waals surface area contributed by atoms with Crippen LogP contribution in [0.5, 0.6) is 0 Å². The molecule has 1 rings (SSSR count). The summed E-state index contributed by atoms with van der Waals surface area (Å²) in [6, 6.07) is 0. The van der Waals surface area contributed by atoms with E-state index in [0.717, 1.165) is 17.8 Å². The highest BCUT2D eigenvalue weighted by Gasteiger charge is 2.49. The van der Waals surface area contributed by atoms with Crippen molar-refractivity contribution in [2.45, 2.75) is 53.9 Å². The molecule has 0 radical (unpaired) electrons. The second-order valence-corrected chi connectivity index (χ2v) is 5.14. The van der Waals surface area contributed by atoms with Crippen molar-refractivity contribution >= 4 is 0 Å². The molecule has 0 aromatic heterocycles. The second-order valence-electron chi connectivity index (χ2n) is 5.14. The molecular weight excluding hydrogens is 144 g/mol. The molecule has 1 saturated carbocycles. The van der Waals surface area contributed by atoms with Crippen molar-refractivity contribution in [2.75, 3.05) is 0 Å². The Labute approximate surface area is 77.7 Å². The van der Waals surface area contributed by atoms with Gasteiger partial charge in [-0.05, 0) is 29.6 Å². The van der Waals surface area contributed by atoms with Crippen molar-refractivity contribution < 1.29 is 0 Å². The lowest BCUT2D eigenvalue weighted by atomic mass is 9.49. The summed E-state index contributed by atoms with van der Waals surface area (Å²) in [5, 5.41) is 0. The third-order valence-corrected chi connectivity index (χ3v) is 4.46. The maximum Gasteiger partial charge on any atom is -0.0249 e. The average molecular weight is 168 g/mol. The zero-order chi connectivity index (χ0) is 9.35. The van der Waals surface area contributed by atoms with Crippen molar-refractivity contribution in [3.8, 4) is 0 Å². The fourth-order valence-corrected chi connectivity index (χ4v) is 2.99. The largest absolute Gasteiger partial charge is 0.0654 e. The Balaban J connectivity index is 2.59. The van der Waals surface area contributed by atoms with Crippen LogP contribution < -0.4 is 0 Å². The second kappa shape index (κ2) is 3.40. The van der Waals surface area contributed by atoms with Crippen LogP contribution in [0.2, 0.25) is 0 Å². The van der Waals surface area contributed by atoms with Gasteiger partial charge in [-0.1, -0.05) is 47.5 Å². The normalized spacial score (nSPS) is 41.5. The Bertz CT molecular complexity index is 139. The van der Waals surface area contributed by atoms with Crippen molar-refractivity contribution in [1.29, 1.82) is 0 Å². The van der Waals surface area contributed by atoms with E-state index in [-0.39, 0.29) is 0 Å². The van der Waals surface area contributed by atoms with Crippen LogP contribution in [0, 0.1) is 23.2 Å². The summed E-state index contributed by atoms with van der Waals surface area (Å²) in [6.45, 7) is 12.0. The van der Waals surface area contributed by atoms with Gasteiger partial charge in [0.2, 0.25) is 0 Å². The van der Waals surface area contributed by atoms with Gasteiger partial charge in [-0.15, -0.1) is 0 Å². The van der Waals surface area contributed by atoms with E-state index in [1.165, 1.54) is 19.3 Å². The van der Waals surface area contributed by atoms with Crippen LogP contribution in [-0.2, 0) is 0 Å². The van der Waals surface area contributed by atoms with E-state index in [4.69, 9.17) is 0 Å². The molecule has 0 amide bonds. The molecule has 0 aliphatic heterocycles. The molecule has 0 heterocycles. The molecule has 0 aromatic carbocycles. The minimum atomic E-state index is 0.649. The molecule has 1 aliphatic carbocycles. The topological polar surface area (TPSA) is 0 Å².